The second-order valence-corrected chi connectivity index (χ2v) is 9.26. The fraction of sp³-hybridized carbons (Fsp3) is 0.600. The molecule has 6 heteroatoms. The van der Waals surface area contributed by atoms with Crippen LogP contribution in [0.15, 0.2) is 24.4 Å². The number of hydrogen-bond donors (Lipinski definition) is 0. The van der Waals surface area contributed by atoms with Crippen LogP contribution in [0.3, 0.4) is 0 Å². The van der Waals surface area contributed by atoms with Gasteiger partial charge in [0.25, 0.3) is 0 Å². The molecule has 1 aliphatic carbocycles. The van der Waals surface area contributed by atoms with Crippen LogP contribution in [0.2, 0.25) is 0 Å². The van der Waals surface area contributed by atoms with Gasteiger partial charge in [-0.2, -0.15) is 0 Å². The Morgan fingerprint density at radius 3 is 2.42 bits per heavy atom. The van der Waals surface area contributed by atoms with E-state index >= 15 is 0 Å². The lowest BCUT2D eigenvalue weighted by Gasteiger charge is -2.35. The van der Waals surface area contributed by atoms with Crippen LogP contribution in [-0.2, 0) is 17.8 Å². The normalized spacial score (nSPS) is 20.3. The number of aromatic nitrogens is 3. The highest BCUT2D eigenvalue weighted by Gasteiger charge is 2.32. The number of nitrogens with zero attached hydrogens (tertiary/aromatic N) is 5. The summed E-state index contributed by atoms with van der Waals surface area (Å²) in [6.07, 6.45) is 13.3. The summed E-state index contributed by atoms with van der Waals surface area (Å²) < 4.78 is 0. The molecule has 3 aliphatic rings. The van der Waals surface area contributed by atoms with Crippen LogP contribution < -0.4 is 4.90 Å². The number of rotatable bonds is 3. The Labute approximate surface area is 185 Å². The summed E-state index contributed by atoms with van der Waals surface area (Å²) in [5, 5.41) is 0. The predicted molar refractivity (Wildman–Crippen MR) is 122 cm³/mol. The second kappa shape index (κ2) is 9.33. The third-order valence-electron chi connectivity index (χ3n) is 7.10. The van der Waals surface area contributed by atoms with Gasteiger partial charge in [0, 0.05) is 43.7 Å². The van der Waals surface area contributed by atoms with Gasteiger partial charge in [0.05, 0.1) is 12.2 Å². The predicted octanol–water partition coefficient (Wildman–Crippen LogP) is 4.38. The Morgan fingerprint density at radius 2 is 1.68 bits per heavy atom. The van der Waals surface area contributed by atoms with Gasteiger partial charge in [-0.05, 0) is 37.8 Å². The molecule has 0 spiro atoms. The van der Waals surface area contributed by atoms with E-state index in [0.29, 0.717) is 18.3 Å². The summed E-state index contributed by atoms with van der Waals surface area (Å²) in [5.41, 5.74) is 3.08. The molecular formula is C25H33N5O. The summed E-state index contributed by atoms with van der Waals surface area (Å²) in [6.45, 7) is 3.48. The highest BCUT2D eigenvalue weighted by atomic mass is 16.2. The fourth-order valence-electron chi connectivity index (χ4n) is 5.35. The maximum Gasteiger partial charge on any atom is 0.225 e. The maximum atomic E-state index is 13.3. The molecular weight excluding hydrogens is 386 g/mol. The van der Waals surface area contributed by atoms with Crippen LogP contribution in [-0.4, -0.2) is 45.4 Å². The van der Waals surface area contributed by atoms with Crippen LogP contribution >= 0.6 is 0 Å². The van der Waals surface area contributed by atoms with Gasteiger partial charge in [-0.3, -0.25) is 9.78 Å². The zero-order valence-electron chi connectivity index (χ0n) is 18.4. The highest BCUT2D eigenvalue weighted by molar-refractivity contribution is 5.79. The van der Waals surface area contributed by atoms with Gasteiger partial charge in [-0.25, -0.2) is 9.97 Å². The van der Waals surface area contributed by atoms with Gasteiger partial charge in [0.15, 0.2) is 5.82 Å². The van der Waals surface area contributed by atoms with E-state index in [1.54, 1.807) is 6.20 Å². The minimum Gasteiger partial charge on any atom is -0.356 e. The zero-order valence-corrected chi connectivity index (χ0v) is 18.4. The Hall–Kier alpha value is -2.50. The van der Waals surface area contributed by atoms with E-state index in [1.165, 1.54) is 44.9 Å². The van der Waals surface area contributed by atoms with Crippen molar-refractivity contribution in [2.24, 2.45) is 5.92 Å². The Kier molecular flexibility index (Phi) is 6.14. The molecule has 2 aliphatic heterocycles. The number of pyridine rings is 1. The Balaban J connectivity index is 1.48. The Bertz CT molecular complexity index is 902. The fourth-order valence-corrected chi connectivity index (χ4v) is 5.35. The van der Waals surface area contributed by atoms with Crippen molar-refractivity contribution in [2.75, 3.05) is 24.5 Å². The van der Waals surface area contributed by atoms with E-state index in [0.717, 1.165) is 61.7 Å². The maximum absolute atomic E-state index is 13.3. The Morgan fingerprint density at radius 1 is 0.903 bits per heavy atom. The molecule has 4 heterocycles. The molecule has 5 rings (SSSR count). The highest BCUT2D eigenvalue weighted by Crippen LogP contribution is 2.33. The summed E-state index contributed by atoms with van der Waals surface area (Å²) >= 11 is 0. The first-order valence-corrected chi connectivity index (χ1v) is 12.1. The first-order chi connectivity index (χ1) is 15.3. The number of hydrogen-bond acceptors (Lipinski definition) is 5. The summed E-state index contributed by atoms with van der Waals surface area (Å²) in [6, 6.07) is 5.89. The van der Waals surface area contributed by atoms with Crippen LogP contribution in [0.4, 0.5) is 5.82 Å². The van der Waals surface area contributed by atoms with Crippen LogP contribution in [0.1, 0.15) is 69.0 Å². The first-order valence-electron chi connectivity index (χ1n) is 12.1. The molecule has 164 valence electrons. The molecule has 0 unspecified atom stereocenters. The molecule has 0 atom stereocenters. The van der Waals surface area contributed by atoms with Crippen LogP contribution in [0.5, 0.6) is 0 Å². The standard InChI is InChI=1S/C25H33N5O/c31-25(19-10-4-3-5-11-19)30-17-13-21-20(18-30)24(29-15-8-1-2-9-16-29)28-23(27-21)22-12-6-7-14-26-22/h6-7,12,14,19H,1-5,8-11,13,15-18H2. The van der Waals surface area contributed by atoms with E-state index in [1.807, 2.05) is 18.2 Å². The summed E-state index contributed by atoms with van der Waals surface area (Å²) in [5.74, 6) is 2.31. The number of anilines is 1. The molecule has 0 bridgehead atoms. The van der Waals surface area contributed by atoms with Gasteiger partial charge in [-0.15, -0.1) is 0 Å². The molecule has 2 aromatic rings. The lowest BCUT2D eigenvalue weighted by Crippen LogP contribution is -2.41. The first kappa shape index (κ1) is 20.4. The van der Waals surface area contributed by atoms with Crippen molar-refractivity contribution in [1.29, 1.82) is 0 Å². The van der Waals surface area contributed by atoms with Gasteiger partial charge >= 0.3 is 0 Å². The molecule has 31 heavy (non-hydrogen) atoms. The van der Waals surface area contributed by atoms with E-state index in [4.69, 9.17) is 9.97 Å². The van der Waals surface area contributed by atoms with Crippen molar-refractivity contribution >= 4 is 11.7 Å². The van der Waals surface area contributed by atoms with Crippen molar-refractivity contribution < 1.29 is 4.79 Å². The minimum absolute atomic E-state index is 0.214. The molecule has 1 saturated carbocycles. The topological polar surface area (TPSA) is 62.2 Å². The van der Waals surface area contributed by atoms with E-state index in [9.17, 15) is 4.79 Å². The van der Waals surface area contributed by atoms with Gasteiger partial charge in [0.1, 0.15) is 11.5 Å². The molecule has 2 fully saturated rings. The van der Waals surface area contributed by atoms with Gasteiger partial charge in [0.2, 0.25) is 5.91 Å². The van der Waals surface area contributed by atoms with Crippen molar-refractivity contribution in [3.8, 4) is 11.5 Å². The minimum atomic E-state index is 0.214. The number of fused-ring (bicyclic) bond motifs is 1. The largest absolute Gasteiger partial charge is 0.356 e. The van der Waals surface area contributed by atoms with Gasteiger partial charge < -0.3 is 9.80 Å². The second-order valence-electron chi connectivity index (χ2n) is 9.26. The molecule has 6 nitrogen and oxygen atoms in total. The third kappa shape index (κ3) is 4.43. The zero-order chi connectivity index (χ0) is 21.0. The van der Waals surface area contributed by atoms with Crippen LogP contribution in [0.25, 0.3) is 11.5 Å². The summed E-state index contributed by atoms with van der Waals surface area (Å²) in [4.78, 5) is 32.3. The summed E-state index contributed by atoms with van der Waals surface area (Å²) in [7, 11) is 0. The van der Waals surface area contributed by atoms with Crippen molar-refractivity contribution in [3.63, 3.8) is 0 Å². The number of amides is 1. The number of carbonyl (C=O) groups excluding carboxylic acids is 1. The number of carbonyl (C=O) groups is 1. The average Bonchev–Trinajstić information content (AvgIpc) is 3.13. The molecule has 1 amide bonds. The van der Waals surface area contributed by atoms with Crippen LogP contribution in [0, 0.1) is 5.92 Å². The van der Waals surface area contributed by atoms with Crippen molar-refractivity contribution in [1.82, 2.24) is 19.9 Å². The van der Waals surface area contributed by atoms with E-state index in [2.05, 4.69) is 14.8 Å². The van der Waals surface area contributed by atoms with Gasteiger partial charge in [-0.1, -0.05) is 38.2 Å². The average molecular weight is 420 g/mol. The van der Waals surface area contributed by atoms with E-state index < -0.39 is 0 Å². The molecule has 0 radical (unpaired) electrons. The third-order valence-corrected chi connectivity index (χ3v) is 7.10. The lowest BCUT2D eigenvalue weighted by atomic mass is 9.87. The molecule has 1 saturated heterocycles. The van der Waals surface area contributed by atoms with Crippen molar-refractivity contribution in [3.05, 3.63) is 35.7 Å². The lowest BCUT2D eigenvalue weighted by molar-refractivity contribution is -0.137. The molecule has 0 aromatic carbocycles. The smallest absolute Gasteiger partial charge is 0.225 e. The van der Waals surface area contributed by atoms with E-state index in [-0.39, 0.29) is 5.92 Å². The SMILES string of the molecule is O=C(C1CCCCC1)N1CCc2nc(-c3ccccn3)nc(N3CCCCCC3)c2C1. The molecule has 0 N–H and O–H groups in total. The monoisotopic (exact) mass is 419 g/mol. The van der Waals surface area contributed by atoms with Crippen molar-refractivity contribution in [2.45, 2.75) is 70.8 Å². The quantitative estimate of drug-likeness (QED) is 0.739. The molecule has 2 aromatic heterocycles.